The lowest BCUT2D eigenvalue weighted by atomic mass is 10.2. The SMILES string of the molecule is Cc1c(Cl)cccc1NC(=O)Cn1cnnc1C#N. The van der Waals surface area contributed by atoms with Gasteiger partial charge >= 0.3 is 0 Å². The molecule has 2 aromatic rings. The second-order valence-corrected chi connectivity index (χ2v) is 4.26. The summed E-state index contributed by atoms with van der Waals surface area (Å²) in [6.07, 6.45) is 1.34. The summed E-state index contributed by atoms with van der Waals surface area (Å²) in [5, 5.41) is 19.2. The summed E-state index contributed by atoms with van der Waals surface area (Å²) in [6.45, 7) is 1.79. The van der Waals surface area contributed by atoms with E-state index < -0.39 is 0 Å². The van der Waals surface area contributed by atoms with Crippen LogP contribution in [0.4, 0.5) is 5.69 Å². The molecule has 7 heteroatoms. The van der Waals surface area contributed by atoms with Gasteiger partial charge in [0, 0.05) is 10.7 Å². The van der Waals surface area contributed by atoms with Crippen molar-refractivity contribution in [1.82, 2.24) is 14.8 Å². The molecule has 2 rings (SSSR count). The first-order valence-electron chi connectivity index (χ1n) is 5.44. The van der Waals surface area contributed by atoms with Gasteiger partial charge in [-0.15, -0.1) is 10.2 Å². The van der Waals surface area contributed by atoms with Crippen molar-refractivity contribution in [3.05, 3.63) is 40.9 Å². The van der Waals surface area contributed by atoms with Crippen LogP contribution in [0.15, 0.2) is 24.5 Å². The second kappa shape index (κ2) is 5.50. The van der Waals surface area contributed by atoms with Gasteiger partial charge in [0.1, 0.15) is 18.9 Å². The Morgan fingerprint density at radius 2 is 2.37 bits per heavy atom. The second-order valence-electron chi connectivity index (χ2n) is 3.85. The van der Waals surface area contributed by atoms with Crippen molar-refractivity contribution in [2.45, 2.75) is 13.5 Å². The first-order valence-corrected chi connectivity index (χ1v) is 5.82. The molecule has 0 radical (unpaired) electrons. The molecule has 0 saturated heterocycles. The van der Waals surface area contributed by atoms with E-state index in [2.05, 4.69) is 15.5 Å². The molecule has 1 heterocycles. The van der Waals surface area contributed by atoms with Crippen molar-refractivity contribution in [2.75, 3.05) is 5.32 Å². The Morgan fingerprint density at radius 3 is 3.11 bits per heavy atom. The number of rotatable bonds is 3. The Labute approximate surface area is 114 Å². The standard InChI is InChI=1S/C12H10ClN5O/c1-8-9(13)3-2-4-10(8)16-12(19)6-18-7-15-17-11(18)5-14/h2-4,7H,6H2,1H3,(H,16,19). The number of halogens is 1. The van der Waals surface area contributed by atoms with Crippen LogP contribution in [-0.4, -0.2) is 20.7 Å². The molecule has 0 aliphatic carbocycles. The minimum Gasteiger partial charge on any atom is -0.324 e. The fourth-order valence-electron chi connectivity index (χ4n) is 1.54. The van der Waals surface area contributed by atoms with Crippen molar-refractivity contribution in [2.24, 2.45) is 0 Å². The number of carbonyl (C=O) groups excluding carboxylic acids is 1. The summed E-state index contributed by atoms with van der Waals surface area (Å²) < 4.78 is 1.37. The fourth-order valence-corrected chi connectivity index (χ4v) is 1.72. The molecule has 0 spiro atoms. The lowest BCUT2D eigenvalue weighted by molar-refractivity contribution is -0.116. The predicted molar refractivity (Wildman–Crippen MR) is 69.6 cm³/mol. The van der Waals surface area contributed by atoms with Crippen molar-refractivity contribution in [3.63, 3.8) is 0 Å². The first kappa shape index (κ1) is 13.1. The number of nitrogens with zero attached hydrogens (tertiary/aromatic N) is 4. The molecule has 0 fully saturated rings. The maximum Gasteiger partial charge on any atom is 0.244 e. The summed E-state index contributed by atoms with van der Waals surface area (Å²) in [7, 11) is 0. The number of hydrogen-bond acceptors (Lipinski definition) is 4. The summed E-state index contributed by atoms with van der Waals surface area (Å²) in [6, 6.07) is 7.12. The molecule has 1 N–H and O–H groups in total. The van der Waals surface area contributed by atoms with E-state index in [0.717, 1.165) is 5.56 Å². The van der Waals surface area contributed by atoms with E-state index in [0.29, 0.717) is 10.7 Å². The highest BCUT2D eigenvalue weighted by Gasteiger charge is 2.10. The first-order chi connectivity index (χ1) is 9.11. The Bertz CT molecular complexity index is 658. The zero-order valence-corrected chi connectivity index (χ0v) is 10.8. The number of amides is 1. The quantitative estimate of drug-likeness (QED) is 0.925. The number of nitrogens with one attached hydrogen (secondary N) is 1. The van der Waals surface area contributed by atoms with Gasteiger partial charge in [0.2, 0.25) is 11.7 Å². The minimum atomic E-state index is -0.276. The number of anilines is 1. The minimum absolute atomic E-state index is 0.0259. The smallest absolute Gasteiger partial charge is 0.244 e. The molecule has 0 aliphatic heterocycles. The van der Waals surface area contributed by atoms with Gasteiger partial charge in [-0.25, -0.2) is 0 Å². The van der Waals surface area contributed by atoms with Crippen molar-refractivity contribution in [1.29, 1.82) is 5.26 Å². The van der Waals surface area contributed by atoms with Crippen LogP contribution in [0.2, 0.25) is 5.02 Å². The normalized spacial score (nSPS) is 9.95. The third-order valence-electron chi connectivity index (χ3n) is 2.57. The highest BCUT2D eigenvalue weighted by atomic mass is 35.5. The molecule has 19 heavy (non-hydrogen) atoms. The lowest BCUT2D eigenvalue weighted by Crippen LogP contribution is -2.19. The molecule has 0 atom stereocenters. The van der Waals surface area contributed by atoms with Crippen molar-refractivity contribution in [3.8, 4) is 6.07 Å². The highest BCUT2D eigenvalue weighted by molar-refractivity contribution is 6.31. The topological polar surface area (TPSA) is 83.6 Å². The van der Waals surface area contributed by atoms with E-state index in [1.165, 1.54) is 10.9 Å². The summed E-state index contributed by atoms with van der Waals surface area (Å²) >= 11 is 5.97. The number of nitriles is 1. The van der Waals surface area contributed by atoms with Gasteiger partial charge in [-0.2, -0.15) is 5.26 Å². The van der Waals surface area contributed by atoms with Gasteiger partial charge < -0.3 is 5.32 Å². The third-order valence-corrected chi connectivity index (χ3v) is 2.98. The van der Waals surface area contributed by atoms with Crippen LogP contribution in [0.3, 0.4) is 0 Å². The third kappa shape index (κ3) is 2.89. The van der Waals surface area contributed by atoms with E-state index in [1.54, 1.807) is 18.2 Å². The Morgan fingerprint density at radius 1 is 1.58 bits per heavy atom. The summed E-state index contributed by atoms with van der Waals surface area (Å²) in [5.41, 5.74) is 1.44. The van der Waals surface area contributed by atoms with Crippen molar-refractivity contribution >= 4 is 23.2 Å². The number of carbonyl (C=O) groups is 1. The van der Waals surface area contributed by atoms with Crippen LogP contribution in [0.5, 0.6) is 0 Å². The molecular weight excluding hydrogens is 266 g/mol. The molecule has 96 valence electrons. The average molecular weight is 276 g/mol. The highest BCUT2D eigenvalue weighted by Crippen LogP contribution is 2.22. The van der Waals surface area contributed by atoms with Crippen LogP contribution in [-0.2, 0) is 11.3 Å². The maximum absolute atomic E-state index is 11.9. The Balaban J connectivity index is 2.10. The monoisotopic (exact) mass is 275 g/mol. The van der Waals surface area contributed by atoms with Gasteiger partial charge in [-0.05, 0) is 24.6 Å². The zero-order valence-electron chi connectivity index (χ0n) is 10.1. The van der Waals surface area contributed by atoms with Crippen LogP contribution in [0, 0.1) is 18.3 Å². The van der Waals surface area contributed by atoms with Crippen LogP contribution >= 0.6 is 11.6 Å². The van der Waals surface area contributed by atoms with Gasteiger partial charge in [-0.3, -0.25) is 9.36 Å². The number of hydrogen-bond donors (Lipinski definition) is 1. The van der Waals surface area contributed by atoms with Gasteiger partial charge in [0.15, 0.2) is 0 Å². The molecular formula is C12H10ClN5O. The Kier molecular flexibility index (Phi) is 3.78. The largest absolute Gasteiger partial charge is 0.324 e. The van der Waals surface area contributed by atoms with Gasteiger partial charge in [0.05, 0.1) is 0 Å². The molecule has 1 aromatic carbocycles. The maximum atomic E-state index is 11.9. The Hall–Kier alpha value is -2.39. The molecule has 0 unspecified atom stereocenters. The molecule has 6 nitrogen and oxygen atoms in total. The van der Waals surface area contributed by atoms with E-state index in [9.17, 15) is 4.79 Å². The van der Waals surface area contributed by atoms with E-state index in [-0.39, 0.29) is 18.3 Å². The average Bonchev–Trinajstić information content (AvgIpc) is 2.82. The molecule has 0 bridgehead atoms. The summed E-state index contributed by atoms with van der Waals surface area (Å²) in [5.74, 6) is -0.181. The van der Waals surface area contributed by atoms with E-state index in [1.807, 2.05) is 13.0 Å². The lowest BCUT2D eigenvalue weighted by Gasteiger charge is -2.09. The molecule has 0 aliphatic rings. The van der Waals surface area contributed by atoms with Gasteiger partial charge in [0.25, 0.3) is 0 Å². The molecule has 1 amide bonds. The molecule has 1 aromatic heterocycles. The van der Waals surface area contributed by atoms with E-state index in [4.69, 9.17) is 16.9 Å². The van der Waals surface area contributed by atoms with Crippen LogP contribution < -0.4 is 5.32 Å². The van der Waals surface area contributed by atoms with Crippen LogP contribution in [0.1, 0.15) is 11.4 Å². The fraction of sp³-hybridized carbons (Fsp3) is 0.167. The van der Waals surface area contributed by atoms with E-state index >= 15 is 0 Å². The predicted octanol–water partition coefficient (Wildman–Crippen LogP) is 1.75. The van der Waals surface area contributed by atoms with Gasteiger partial charge in [-0.1, -0.05) is 17.7 Å². The van der Waals surface area contributed by atoms with Crippen LogP contribution in [0.25, 0.3) is 0 Å². The number of benzene rings is 1. The summed E-state index contributed by atoms with van der Waals surface area (Å²) in [4.78, 5) is 11.9. The number of aromatic nitrogens is 3. The zero-order chi connectivity index (χ0) is 13.8. The molecule has 0 saturated carbocycles. The van der Waals surface area contributed by atoms with Crippen molar-refractivity contribution < 1.29 is 4.79 Å².